The number of carboxylic acid groups (broad SMARTS) is 1. The number of nitrogens with zero attached hydrogens (tertiary/aromatic N) is 2. The van der Waals surface area contributed by atoms with Crippen molar-refractivity contribution in [3.63, 3.8) is 0 Å². The van der Waals surface area contributed by atoms with Crippen molar-refractivity contribution in [2.24, 2.45) is 11.8 Å². The number of ether oxygens (including phenoxy) is 1. The molecule has 186 valence electrons. The normalized spacial score (nSPS) is 28.6. The van der Waals surface area contributed by atoms with Gasteiger partial charge in [-0.15, -0.1) is 0 Å². The van der Waals surface area contributed by atoms with Gasteiger partial charge in [0, 0.05) is 17.5 Å². The average molecular weight is 475 g/mol. The lowest BCUT2D eigenvalue weighted by Crippen LogP contribution is -2.45. The second-order valence-corrected chi connectivity index (χ2v) is 11.0. The summed E-state index contributed by atoms with van der Waals surface area (Å²) in [6, 6.07) is 13.9. The van der Waals surface area contributed by atoms with Crippen LogP contribution in [0.25, 0.3) is 10.8 Å². The first-order chi connectivity index (χ1) is 17.1. The van der Waals surface area contributed by atoms with Crippen LogP contribution in [0.4, 0.5) is 0 Å². The van der Waals surface area contributed by atoms with Gasteiger partial charge in [-0.2, -0.15) is 5.26 Å². The summed E-state index contributed by atoms with van der Waals surface area (Å²) < 4.78 is 6.32. The summed E-state index contributed by atoms with van der Waals surface area (Å²) in [6.07, 6.45) is 12.0. The zero-order valence-electron chi connectivity index (χ0n) is 20.9. The molecule has 3 aliphatic rings. The van der Waals surface area contributed by atoms with Crippen molar-refractivity contribution in [3.8, 4) is 11.8 Å². The van der Waals surface area contributed by atoms with E-state index in [0.29, 0.717) is 17.6 Å². The lowest BCUT2D eigenvalue weighted by atomic mass is 9.86. The number of nitriles is 1. The Hall–Kier alpha value is -2.58. The first-order valence-corrected chi connectivity index (χ1v) is 13.7. The Labute approximate surface area is 209 Å². The molecule has 0 spiro atoms. The summed E-state index contributed by atoms with van der Waals surface area (Å²) in [5.41, 5.74) is 1.95. The molecule has 0 radical (unpaired) electrons. The van der Waals surface area contributed by atoms with Crippen LogP contribution in [-0.4, -0.2) is 40.7 Å². The number of piperidine rings is 1. The predicted molar refractivity (Wildman–Crippen MR) is 138 cm³/mol. The van der Waals surface area contributed by atoms with Crippen LogP contribution >= 0.6 is 0 Å². The molecule has 1 aliphatic carbocycles. The number of hydrogen-bond acceptors (Lipinski definition) is 4. The second-order valence-electron chi connectivity index (χ2n) is 11.0. The Balaban J connectivity index is 1.20. The van der Waals surface area contributed by atoms with E-state index in [1.165, 1.54) is 24.8 Å². The monoisotopic (exact) mass is 474 g/mol. The molecule has 2 heterocycles. The van der Waals surface area contributed by atoms with Crippen molar-refractivity contribution >= 4 is 16.7 Å². The summed E-state index contributed by atoms with van der Waals surface area (Å²) >= 11 is 0. The summed E-state index contributed by atoms with van der Waals surface area (Å²) in [5.74, 6) is 0.783. The van der Waals surface area contributed by atoms with Gasteiger partial charge in [0.1, 0.15) is 17.4 Å². The maximum Gasteiger partial charge on any atom is 0.306 e. The molecule has 2 saturated heterocycles. The van der Waals surface area contributed by atoms with Gasteiger partial charge in [0.2, 0.25) is 0 Å². The largest absolute Gasteiger partial charge is 0.489 e. The fraction of sp³-hybridized carbons (Fsp3) is 0.600. The number of aliphatic carboxylic acids is 1. The summed E-state index contributed by atoms with van der Waals surface area (Å²) in [7, 11) is 0. The summed E-state index contributed by atoms with van der Waals surface area (Å²) in [6.45, 7) is 3.31. The van der Waals surface area contributed by atoms with Crippen LogP contribution < -0.4 is 4.74 Å². The number of fused-ring (bicyclic) bond motifs is 3. The van der Waals surface area contributed by atoms with E-state index in [1.807, 2.05) is 6.07 Å². The van der Waals surface area contributed by atoms with Crippen molar-refractivity contribution in [1.29, 1.82) is 5.26 Å². The molecule has 3 fully saturated rings. The predicted octanol–water partition coefficient (Wildman–Crippen LogP) is 6.32. The number of aryl methyl sites for hydroxylation is 1. The standard InChI is InChI=1S/C30H38N2O3/c1-2-20-5-11-26(12-6-20)35-29-14-8-22-16-21(7-13-27(22)28(29)19-31)4-3-15-32-24-9-10-25(32)18-23(17-24)30(33)34/h7-8,13-14,16,20,23-26H,2-6,9-12,15,17-18H2,1H3,(H,33,34)/t20-,23?,24?,25?,26+. The van der Waals surface area contributed by atoms with Gasteiger partial charge < -0.3 is 9.84 Å². The van der Waals surface area contributed by atoms with Gasteiger partial charge in [0.05, 0.1) is 12.0 Å². The van der Waals surface area contributed by atoms with Gasteiger partial charge >= 0.3 is 5.97 Å². The van der Waals surface area contributed by atoms with E-state index in [4.69, 9.17) is 4.74 Å². The summed E-state index contributed by atoms with van der Waals surface area (Å²) in [4.78, 5) is 14.0. The molecule has 2 unspecified atom stereocenters. The van der Waals surface area contributed by atoms with Crippen LogP contribution in [0.3, 0.4) is 0 Å². The van der Waals surface area contributed by atoms with Gasteiger partial charge in [-0.3, -0.25) is 9.69 Å². The lowest BCUT2D eigenvalue weighted by molar-refractivity contribution is -0.144. The third-order valence-electron chi connectivity index (χ3n) is 8.94. The molecule has 5 heteroatoms. The number of carbonyl (C=O) groups is 1. The maximum absolute atomic E-state index is 11.4. The highest BCUT2D eigenvalue weighted by Crippen LogP contribution is 2.39. The Bertz CT molecular complexity index is 1080. The molecule has 1 saturated carbocycles. The number of rotatable bonds is 8. The molecule has 1 N–H and O–H groups in total. The Kier molecular flexibility index (Phi) is 7.29. The van der Waals surface area contributed by atoms with Crippen LogP contribution in [0.5, 0.6) is 5.75 Å². The first-order valence-electron chi connectivity index (χ1n) is 13.7. The smallest absolute Gasteiger partial charge is 0.306 e. The Morgan fingerprint density at radius 2 is 1.83 bits per heavy atom. The zero-order valence-corrected chi connectivity index (χ0v) is 20.9. The Morgan fingerprint density at radius 1 is 1.09 bits per heavy atom. The topological polar surface area (TPSA) is 73.6 Å². The Morgan fingerprint density at radius 3 is 2.49 bits per heavy atom. The summed E-state index contributed by atoms with van der Waals surface area (Å²) in [5, 5.41) is 21.4. The van der Waals surface area contributed by atoms with E-state index in [2.05, 4.69) is 42.2 Å². The van der Waals surface area contributed by atoms with Crippen molar-refractivity contribution < 1.29 is 14.6 Å². The van der Waals surface area contributed by atoms with E-state index in [0.717, 1.165) is 80.4 Å². The van der Waals surface area contributed by atoms with E-state index in [9.17, 15) is 15.2 Å². The maximum atomic E-state index is 11.4. The fourth-order valence-corrected chi connectivity index (χ4v) is 6.87. The average Bonchev–Trinajstić information content (AvgIpc) is 3.10. The van der Waals surface area contributed by atoms with E-state index < -0.39 is 5.97 Å². The minimum absolute atomic E-state index is 0.154. The first kappa shape index (κ1) is 24.1. The fourth-order valence-electron chi connectivity index (χ4n) is 6.87. The lowest BCUT2D eigenvalue weighted by Gasteiger charge is -2.37. The number of carboxylic acids is 1. The molecule has 2 aromatic rings. The zero-order chi connectivity index (χ0) is 24.4. The molecular weight excluding hydrogens is 436 g/mol. The number of benzene rings is 2. The van der Waals surface area contributed by atoms with Gasteiger partial charge in [-0.05, 0) is 93.7 Å². The van der Waals surface area contributed by atoms with Crippen LogP contribution in [0, 0.1) is 23.2 Å². The molecule has 35 heavy (non-hydrogen) atoms. The van der Waals surface area contributed by atoms with Crippen LogP contribution in [0.1, 0.15) is 82.3 Å². The highest BCUT2D eigenvalue weighted by Gasteiger charge is 2.42. The quantitative estimate of drug-likeness (QED) is 0.485. The third kappa shape index (κ3) is 5.19. The molecule has 2 aliphatic heterocycles. The van der Waals surface area contributed by atoms with Crippen molar-refractivity contribution in [1.82, 2.24) is 4.90 Å². The van der Waals surface area contributed by atoms with Gasteiger partial charge in [0.15, 0.2) is 0 Å². The highest BCUT2D eigenvalue weighted by molar-refractivity contribution is 5.90. The van der Waals surface area contributed by atoms with Crippen molar-refractivity contribution in [2.75, 3.05) is 6.54 Å². The molecule has 5 nitrogen and oxygen atoms in total. The van der Waals surface area contributed by atoms with Crippen LogP contribution in [-0.2, 0) is 11.2 Å². The minimum atomic E-state index is -0.619. The second kappa shape index (κ2) is 10.6. The SMILES string of the molecule is CC[C@H]1CC[C@@H](Oc2ccc3cc(CCCN4C5CCC4CC(C(=O)O)C5)ccc3c2C#N)CC1. The molecule has 2 atom stereocenters. The third-order valence-corrected chi connectivity index (χ3v) is 8.94. The number of hydrogen-bond donors (Lipinski definition) is 1. The highest BCUT2D eigenvalue weighted by atomic mass is 16.5. The van der Waals surface area contributed by atoms with Gasteiger partial charge in [0.25, 0.3) is 0 Å². The molecule has 0 amide bonds. The minimum Gasteiger partial charge on any atom is -0.489 e. The van der Waals surface area contributed by atoms with E-state index >= 15 is 0 Å². The van der Waals surface area contributed by atoms with Gasteiger partial charge in [-0.25, -0.2) is 0 Å². The molecule has 0 aromatic heterocycles. The van der Waals surface area contributed by atoms with Gasteiger partial charge in [-0.1, -0.05) is 37.6 Å². The molecular formula is C30H38N2O3. The van der Waals surface area contributed by atoms with Crippen LogP contribution in [0.15, 0.2) is 30.3 Å². The van der Waals surface area contributed by atoms with Crippen LogP contribution in [0.2, 0.25) is 0 Å². The van der Waals surface area contributed by atoms with Crippen molar-refractivity contribution in [3.05, 3.63) is 41.5 Å². The molecule has 2 bridgehead atoms. The molecule has 2 aromatic carbocycles. The van der Waals surface area contributed by atoms with Crippen molar-refractivity contribution in [2.45, 2.75) is 95.7 Å². The molecule has 5 rings (SSSR count). The van der Waals surface area contributed by atoms with E-state index in [-0.39, 0.29) is 12.0 Å². The van der Waals surface area contributed by atoms with E-state index in [1.54, 1.807) is 0 Å².